The minimum atomic E-state index is -2.33. The second kappa shape index (κ2) is 9.70. The average molecular weight is 306 g/mol. The molecule has 0 bridgehead atoms. The van der Waals surface area contributed by atoms with E-state index >= 15 is 0 Å². The quantitative estimate of drug-likeness (QED) is 0.609. The third kappa shape index (κ3) is 7.02. The van der Waals surface area contributed by atoms with Crippen LogP contribution in [0.2, 0.25) is 0 Å². The number of aliphatic hydroxyl groups excluding tert-OH is 1. The molecule has 0 radical (unpaired) electrons. The molecule has 0 aromatic rings. The zero-order chi connectivity index (χ0) is 15.7. The summed E-state index contributed by atoms with van der Waals surface area (Å²) in [5, 5.41) is 12.6. The summed E-state index contributed by atoms with van der Waals surface area (Å²) in [5.74, 6) is 0.741. The smallest absolute Gasteiger partial charge is 0.251 e. The van der Waals surface area contributed by atoms with Gasteiger partial charge >= 0.3 is 0 Å². The SMILES string of the molecule is CCCNCC1(CN(CCO)CC(F)F)CCC(C)CC1. The molecule has 0 aliphatic heterocycles. The third-order valence-corrected chi connectivity index (χ3v) is 4.63. The van der Waals surface area contributed by atoms with Crippen molar-refractivity contribution in [3.63, 3.8) is 0 Å². The molecule has 0 saturated heterocycles. The van der Waals surface area contributed by atoms with Crippen molar-refractivity contribution < 1.29 is 13.9 Å². The van der Waals surface area contributed by atoms with Crippen LogP contribution < -0.4 is 5.32 Å². The van der Waals surface area contributed by atoms with Crippen molar-refractivity contribution in [3.05, 3.63) is 0 Å². The molecular weight excluding hydrogens is 274 g/mol. The topological polar surface area (TPSA) is 35.5 Å². The van der Waals surface area contributed by atoms with Gasteiger partial charge in [-0.05, 0) is 37.1 Å². The molecule has 1 rings (SSSR count). The Morgan fingerprint density at radius 1 is 1.33 bits per heavy atom. The molecule has 0 atom stereocenters. The van der Waals surface area contributed by atoms with E-state index in [9.17, 15) is 8.78 Å². The summed E-state index contributed by atoms with van der Waals surface area (Å²) in [6, 6.07) is 0. The largest absolute Gasteiger partial charge is 0.395 e. The monoisotopic (exact) mass is 306 g/mol. The van der Waals surface area contributed by atoms with Crippen molar-refractivity contribution in [3.8, 4) is 0 Å². The normalized spacial score (nSPS) is 26.7. The maximum absolute atomic E-state index is 12.7. The Balaban J connectivity index is 2.64. The van der Waals surface area contributed by atoms with E-state index < -0.39 is 6.43 Å². The predicted octanol–water partition coefficient (Wildman–Crippen LogP) is 2.74. The highest BCUT2D eigenvalue weighted by molar-refractivity contribution is 4.89. The number of halogens is 2. The Morgan fingerprint density at radius 3 is 2.52 bits per heavy atom. The fraction of sp³-hybridized carbons (Fsp3) is 1.00. The molecular formula is C16H32F2N2O. The van der Waals surface area contributed by atoms with Crippen LogP contribution in [0.4, 0.5) is 8.78 Å². The van der Waals surface area contributed by atoms with Gasteiger partial charge in [0.05, 0.1) is 13.2 Å². The van der Waals surface area contributed by atoms with Crippen LogP contribution >= 0.6 is 0 Å². The highest BCUT2D eigenvalue weighted by atomic mass is 19.3. The van der Waals surface area contributed by atoms with Crippen molar-refractivity contribution in [2.45, 2.75) is 52.4 Å². The van der Waals surface area contributed by atoms with Gasteiger partial charge in [0.1, 0.15) is 0 Å². The number of rotatable bonds is 10. The molecule has 5 heteroatoms. The van der Waals surface area contributed by atoms with Gasteiger partial charge in [-0.2, -0.15) is 0 Å². The molecule has 3 nitrogen and oxygen atoms in total. The molecule has 0 aromatic carbocycles. The Kier molecular flexibility index (Phi) is 8.67. The lowest BCUT2D eigenvalue weighted by Gasteiger charge is -2.43. The maximum Gasteiger partial charge on any atom is 0.251 e. The van der Waals surface area contributed by atoms with Gasteiger partial charge in [-0.15, -0.1) is 0 Å². The Bertz CT molecular complexity index is 269. The lowest BCUT2D eigenvalue weighted by atomic mass is 9.70. The van der Waals surface area contributed by atoms with E-state index in [1.165, 1.54) is 12.8 Å². The van der Waals surface area contributed by atoms with E-state index in [0.717, 1.165) is 38.3 Å². The van der Waals surface area contributed by atoms with Crippen molar-refractivity contribution in [1.29, 1.82) is 0 Å². The number of hydrogen-bond acceptors (Lipinski definition) is 3. The predicted molar refractivity (Wildman–Crippen MR) is 82.8 cm³/mol. The van der Waals surface area contributed by atoms with Crippen LogP contribution in [0.25, 0.3) is 0 Å². The number of aliphatic hydroxyl groups is 1. The van der Waals surface area contributed by atoms with Crippen molar-refractivity contribution in [2.24, 2.45) is 11.3 Å². The van der Waals surface area contributed by atoms with Crippen LogP contribution in [0.5, 0.6) is 0 Å². The summed E-state index contributed by atoms with van der Waals surface area (Å²) in [4.78, 5) is 1.74. The fourth-order valence-corrected chi connectivity index (χ4v) is 3.34. The molecule has 2 N–H and O–H groups in total. The van der Waals surface area contributed by atoms with E-state index in [0.29, 0.717) is 13.1 Å². The molecule has 0 heterocycles. The molecule has 1 fully saturated rings. The molecule has 126 valence electrons. The highest BCUT2D eigenvalue weighted by Crippen LogP contribution is 2.39. The summed E-state index contributed by atoms with van der Waals surface area (Å²) in [6.45, 7) is 7.01. The van der Waals surface area contributed by atoms with Crippen LogP contribution in [0, 0.1) is 11.3 Å². The van der Waals surface area contributed by atoms with Crippen LogP contribution in [-0.4, -0.2) is 55.8 Å². The summed E-state index contributed by atoms with van der Waals surface area (Å²) in [7, 11) is 0. The third-order valence-electron chi connectivity index (χ3n) is 4.63. The fourth-order valence-electron chi connectivity index (χ4n) is 3.34. The van der Waals surface area contributed by atoms with Crippen molar-refractivity contribution in [1.82, 2.24) is 10.2 Å². The molecule has 0 unspecified atom stereocenters. The van der Waals surface area contributed by atoms with Crippen LogP contribution in [-0.2, 0) is 0 Å². The first-order valence-electron chi connectivity index (χ1n) is 8.33. The number of alkyl halides is 2. The van der Waals surface area contributed by atoms with Crippen molar-refractivity contribution in [2.75, 3.05) is 39.3 Å². The second-order valence-corrected chi connectivity index (χ2v) is 6.71. The van der Waals surface area contributed by atoms with Gasteiger partial charge in [-0.1, -0.05) is 26.7 Å². The first kappa shape index (κ1) is 18.8. The van der Waals surface area contributed by atoms with Gasteiger partial charge in [-0.3, -0.25) is 4.90 Å². The number of nitrogens with one attached hydrogen (secondary N) is 1. The lowest BCUT2D eigenvalue weighted by Crippen LogP contribution is -2.48. The Labute approximate surface area is 128 Å². The van der Waals surface area contributed by atoms with E-state index in [1.54, 1.807) is 4.90 Å². The molecule has 1 saturated carbocycles. The standard InChI is InChI=1S/C16H32F2N2O/c1-3-8-19-12-16(6-4-14(2)5-7-16)13-20(9-10-21)11-15(17)18/h14-15,19,21H,3-13H2,1-2H3. The zero-order valence-corrected chi connectivity index (χ0v) is 13.6. The molecule has 1 aliphatic rings. The lowest BCUT2D eigenvalue weighted by molar-refractivity contribution is 0.0322. The summed E-state index contributed by atoms with van der Waals surface area (Å²) >= 11 is 0. The van der Waals surface area contributed by atoms with Crippen LogP contribution in [0.3, 0.4) is 0 Å². The van der Waals surface area contributed by atoms with E-state index in [1.807, 2.05) is 0 Å². The number of hydrogen-bond donors (Lipinski definition) is 2. The minimum Gasteiger partial charge on any atom is -0.395 e. The molecule has 0 spiro atoms. The highest BCUT2D eigenvalue weighted by Gasteiger charge is 2.35. The van der Waals surface area contributed by atoms with E-state index in [-0.39, 0.29) is 18.6 Å². The first-order chi connectivity index (χ1) is 10.0. The Morgan fingerprint density at radius 2 is 2.00 bits per heavy atom. The van der Waals surface area contributed by atoms with Crippen LogP contribution in [0.15, 0.2) is 0 Å². The van der Waals surface area contributed by atoms with E-state index in [4.69, 9.17) is 5.11 Å². The molecule has 0 amide bonds. The summed E-state index contributed by atoms with van der Waals surface area (Å²) < 4.78 is 25.4. The zero-order valence-electron chi connectivity index (χ0n) is 13.6. The average Bonchev–Trinajstić information content (AvgIpc) is 2.42. The van der Waals surface area contributed by atoms with Gasteiger partial charge in [-0.25, -0.2) is 8.78 Å². The summed E-state index contributed by atoms with van der Waals surface area (Å²) in [6.07, 6.45) is 3.29. The van der Waals surface area contributed by atoms with Gasteiger partial charge in [0.2, 0.25) is 0 Å². The molecule has 1 aliphatic carbocycles. The van der Waals surface area contributed by atoms with Gasteiger partial charge in [0, 0.05) is 19.6 Å². The maximum atomic E-state index is 12.7. The van der Waals surface area contributed by atoms with Crippen molar-refractivity contribution >= 4 is 0 Å². The number of nitrogens with zero attached hydrogens (tertiary/aromatic N) is 1. The Hall–Kier alpha value is -0.260. The van der Waals surface area contributed by atoms with Gasteiger partial charge in [0.25, 0.3) is 6.43 Å². The van der Waals surface area contributed by atoms with Gasteiger partial charge < -0.3 is 10.4 Å². The summed E-state index contributed by atoms with van der Waals surface area (Å²) in [5.41, 5.74) is 0.0890. The minimum absolute atomic E-state index is 0.0540. The first-order valence-corrected chi connectivity index (χ1v) is 8.33. The van der Waals surface area contributed by atoms with E-state index in [2.05, 4.69) is 19.2 Å². The molecule has 0 aromatic heterocycles. The van der Waals surface area contributed by atoms with Crippen LogP contribution in [0.1, 0.15) is 46.0 Å². The molecule has 21 heavy (non-hydrogen) atoms. The second-order valence-electron chi connectivity index (χ2n) is 6.71. The van der Waals surface area contributed by atoms with Gasteiger partial charge in [0.15, 0.2) is 0 Å².